The maximum absolute atomic E-state index is 13.0. The van der Waals surface area contributed by atoms with Crippen LogP contribution in [0, 0.1) is 5.82 Å². The van der Waals surface area contributed by atoms with E-state index in [1.54, 1.807) is 42.5 Å². The summed E-state index contributed by atoms with van der Waals surface area (Å²) in [6, 6.07) is 14.7. The number of piperidine rings is 1. The van der Waals surface area contributed by atoms with E-state index in [1.165, 1.54) is 23.5 Å². The molecule has 152 valence electrons. The molecule has 1 N–H and O–H groups in total. The van der Waals surface area contributed by atoms with Gasteiger partial charge in [0.1, 0.15) is 10.8 Å². The van der Waals surface area contributed by atoms with E-state index in [-0.39, 0.29) is 16.8 Å². The second-order valence-corrected chi connectivity index (χ2v) is 9.73. The highest BCUT2D eigenvalue weighted by Gasteiger charge is 2.26. The molecule has 1 fully saturated rings. The van der Waals surface area contributed by atoms with Crippen molar-refractivity contribution >= 4 is 26.5 Å². The molecule has 2 aromatic carbocycles. The van der Waals surface area contributed by atoms with Gasteiger partial charge < -0.3 is 4.90 Å². The summed E-state index contributed by atoms with van der Waals surface area (Å²) in [4.78, 5) is 2.43. The monoisotopic (exact) mass is 432 g/mol. The summed E-state index contributed by atoms with van der Waals surface area (Å²) in [7, 11) is -3.50. The lowest BCUT2D eigenvalue weighted by Gasteiger charge is -2.31. The fourth-order valence-electron chi connectivity index (χ4n) is 3.30. The molecule has 2 heterocycles. The number of halogens is 1. The third-order valence-corrected chi connectivity index (χ3v) is 7.39. The number of nitrogens with zero attached hydrogens (tertiary/aromatic N) is 3. The average Bonchev–Trinajstić information content (AvgIpc) is 3.19. The molecule has 0 radical (unpaired) electrons. The lowest BCUT2D eigenvalue weighted by atomic mass is 10.1. The minimum atomic E-state index is -3.50. The fourth-order valence-corrected chi connectivity index (χ4v) is 5.55. The Labute approximate surface area is 173 Å². The van der Waals surface area contributed by atoms with Crippen molar-refractivity contribution in [1.29, 1.82) is 0 Å². The predicted molar refractivity (Wildman–Crippen MR) is 111 cm³/mol. The van der Waals surface area contributed by atoms with Gasteiger partial charge in [-0.15, -0.1) is 10.2 Å². The third-order valence-electron chi connectivity index (χ3n) is 4.87. The zero-order valence-electron chi connectivity index (χ0n) is 15.7. The van der Waals surface area contributed by atoms with Gasteiger partial charge in [-0.2, -0.15) is 0 Å². The van der Waals surface area contributed by atoms with Gasteiger partial charge in [-0.25, -0.2) is 17.5 Å². The Morgan fingerprint density at radius 3 is 2.41 bits per heavy atom. The van der Waals surface area contributed by atoms with Crippen LogP contribution < -0.4 is 9.62 Å². The highest BCUT2D eigenvalue weighted by Crippen LogP contribution is 2.26. The van der Waals surface area contributed by atoms with Crippen molar-refractivity contribution < 1.29 is 12.8 Å². The van der Waals surface area contributed by atoms with Crippen molar-refractivity contribution in [2.45, 2.75) is 30.2 Å². The molecule has 6 nitrogen and oxygen atoms in total. The summed E-state index contributed by atoms with van der Waals surface area (Å²) in [6.45, 7) is 1.43. The standard InChI is InChI=1S/C20H21FN4O2S2/c21-16-8-6-15(7-9-16)14-19-22-23-20(28-19)25-12-10-17(11-13-25)24-29(26,27)18-4-2-1-3-5-18/h1-9,17,24H,10-14H2. The van der Waals surface area contributed by atoms with Crippen LogP contribution >= 0.6 is 11.3 Å². The number of sulfonamides is 1. The summed E-state index contributed by atoms with van der Waals surface area (Å²) < 4.78 is 40.8. The average molecular weight is 433 g/mol. The van der Waals surface area contributed by atoms with Gasteiger partial charge in [0.05, 0.1) is 4.90 Å². The molecule has 29 heavy (non-hydrogen) atoms. The van der Waals surface area contributed by atoms with E-state index in [4.69, 9.17) is 0 Å². The van der Waals surface area contributed by atoms with Crippen molar-refractivity contribution in [3.05, 3.63) is 71.0 Å². The third kappa shape index (κ3) is 4.98. The minimum absolute atomic E-state index is 0.0944. The van der Waals surface area contributed by atoms with Gasteiger partial charge in [-0.3, -0.25) is 0 Å². The second kappa shape index (κ2) is 8.56. The first kappa shape index (κ1) is 19.9. The van der Waals surface area contributed by atoms with E-state index in [2.05, 4.69) is 19.8 Å². The van der Waals surface area contributed by atoms with Crippen LogP contribution in [0.2, 0.25) is 0 Å². The lowest BCUT2D eigenvalue weighted by Crippen LogP contribution is -2.44. The molecule has 0 saturated carbocycles. The lowest BCUT2D eigenvalue weighted by molar-refractivity contribution is 0.459. The fraction of sp³-hybridized carbons (Fsp3) is 0.300. The van der Waals surface area contributed by atoms with Crippen LogP contribution in [0.15, 0.2) is 59.5 Å². The zero-order chi connectivity index (χ0) is 20.3. The number of hydrogen-bond acceptors (Lipinski definition) is 6. The molecule has 0 unspecified atom stereocenters. The predicted octanol–water partition coefficient (Wildman–Crippen LogP) is 3.22. The Morgan fingerprint density at radius 1 is 1.03 bits per heavy atom. The van der Waals surface area contributed by atoms with Crippen LogP contribution in [0.25, 0.3) is 0 Å². The molecule has 0 amide bonds. The quantitative estimate of drug-likeness (QED) is 0.647. The van der Waals surface area contributed by atoms with Gasteiger partial charge in [0.2, 0.25) is 15.2 Å². The Bertz CT molecular complexity index is 1050. The van der Waals surface area contributed by atoms with Crippen molar-refractivity contribution in [2.24, 2.45) is 0 Å². The highest BCUT2D eigenvalue weighted by atomic mass is 32.2. The van der Waals surface area contributed by atoms with Crippen molar-refractivity contribution in [1.82, 2.24) is 14.9 Å². The van der Waals surface area contributed by atoms with Gasteiger partial charge in [-0.05, 0) is 42.7 Å². The topological polar surface area (TPSA) is 75.2 Å². The van der Waals surface area contributed by atoms with E-state index >= 15 is 0 Å². The van der Waals surface area contributed by atoms with Gasteiger partial charge in [-0.1, -0.05) is 41.7 Å². The number of benzene rings is 2. The van der Waals surface area contributed by atoms with Crippen LogP contribution in [0.5, 0.6) is 0 Å². The Morgan fingerprint density at radius 2 is 1.72 bits per heavy atom. The highest BCUT2D eigenvalue weighted by molar-refractivity contribution is 7.89. The molecule has 9 heteroatoms. The molecular weight excluding hydrogens is 411 g/mol. The van der Waals surface area contributed by atoms with Crippen LogP contribution in [-0.4, -0.2) is 37.7 Å². The maximum Gasteiger partial charge on any atom is 0.240 e. The molecule has 0 atom stereocenters. The van der Waals surface area contributed by atoms with Gasteiger partial charge in [0.15, 0.2) is 0 Å². The first-order valence-electron chi connectivity index (χ1n) is 9.39. The molecule has 1 aromatic heterocycles. The van der Waals surface area contributed by atoms with Crippen LogP contribution in [-0.2, 0) is 16.4 Å². The Hall–Kier alpha value is -2.36. The summed E-state index contributed by atoms with van der Waals surface area (Å²) >= 11 is 1.52. The van der Waals surface area contributed by atoms with Crippen molar-refractivity contribution in [2.75, 3.05) is 18.0 Å². The number of nitrogens with one attached hydrogen (secondary N) is 1. The summed E-state index contributed by atoms with van der Waals surface area (Å²) in [5, 5.41) is 10.2. The van der Waals surface area contributed by atoms with E-state index in [0.717, 1.165) is 15.7 Å². The van der Waals surface area contributed by atoms with Crippen molar-refractivity contribution in [3.63, 3.8) is 0 Å². The van der Waals surface area contributed by atoms with Gasteiger partial charge in [0.25, 0.3) is 0 Å². The number of hydrogen-bond donors (Lipinski definition) is 1. The summed E-state index contributed by atoms with van der Waals surface area (Å²) in [5.74, 6) is -0.252. The zero-order valence-corrected chi connectivity index (χ0v) is 17.3. The molecule has 1 aliphatic heterocycles. The van der Waals surface area contributed by atoms with Crippen LogP contribution in [0.1, 0.15) is 23.4 Å². The van der Waals surface area contributed by atoms with Gasteiger partial charge >= 0.3 is 0 Å². The summed E-state index contributed by atoms with van der Waals surface area (Å²) in [6.07, 6.45) is 2.03. The molecule has 4 rings (SSSR count). The van der Waals surface area contributed by atoms with E-state index in [1.807, 2.05) is 0 Å². The Balaban J connectivity index is 1.33. The van der Waals surface area contributed by atoms with E-state index < -0.39 is 10.0 Å². The first-order valence-corrected chi connectivity index (χ1v) is 11.7. The SMILES string of the molecule is O=S(=O)(NC1CCN(c2nnc(Cc3ccc(F)cc3)s2)CC1)c1ccccc1. The molecule has 3 aromatic rings. The van der Waals surface area contributed by atoms with Crippen LogP contribution in [0.4, 0.5) is 9.52 Å². The number of anilines is 1. The van der Waals surface area contributed by atoms with Crippen molar-refractivity contribution in [3.8, 4) is 0 Å². The number of rotatable bonds is 6. The molecule has 0 aliphatic carbocycles. The summed E-state index contributed by atoms with van der Waals surface area (Å²) in [5.41, 5.74) is 0.989. The van der Waals surface area contributed by atoms with E-state index in [0.29, 0.717) is 32.4 Å². The first-order chi connectivity index (χ1) is 14.0. The second-order valence-electron chi connectivity index (χ2n) is 6.98. The number of aromatic nitrogens is 2. The molecule has 0 spiro atoms. The van der Waals surface area contributed by atoms with Gasteiger partial charge in [0, 0.05) is 25.6 Å². The normalized spacial score (nSPS) is 15.6. The Kier molecular flexibility index (Phi) is 5.89. The van der Waals surface area contributed by atoms with E-state index in [9.17, 15) is 12.8 Å². The van der Waals surface area contributed by atoms with Crippen LogP contribution in [0.3, 0.4) is 0 Å². The molecular formula is C20H21FN4O2S2. The maximum atomic E-state index is 13.0. The smallest absolute Gasteiger partial charge is 0.240 e. The minimum Gasteiger partial charge on any atom is -0.347 e. The molecule has 0 bridgehead atoms. The molecule has 1 aliphatic rings. The molecule has 1 saturated heterocycles. The largest absolute Gasteiger partial charge is 0.347 e.